The standard InChI is InChI=1S/C15H15BrN2O3/c1-10-7-12(16)4-6-15(10)21-9-11-3-5-14(18(19)20)13(8-11)17-2/h3-8,17H,9H2,1-2H3. The van der Waals surface area contributed by atoms with Crippen LogP contribution in [0.25, 0.3) is 0 Å². The average Bonchev–Trinajstić information content (AvgIpc) is 2.45. The van der Waals surface area contributed by atoms with Gasteiger partial charge in [0.2, 0.25) is 0 Å². The van der Waals surface area contributed by atoms with Crippen molar-refractivity contribution in [3.63, 3.8) is 0 Å². The minimum absolute atomic E-state index is 0.0565. The molecule has 0 aliphatic carbocycles. The molecule has 0 spiro atoms. The van der Waals surface area contributed by atoms with Gasteiger partial charge in [-0.2, -0.15) is 0 Å². The van der Waals surface area contributed by atoms with Crippen molar-refractivity contribution >= 4 is 27.3 Å². The maximum atomic E-state index is 10.9. The van der Waals surface area contributed by atoms with E-state index >= 15 is 0 Å². The van der Waals surface area contributed by atoms with Crippen LogP contribution < -0.4 is 10.1 Å². The lowest BCUT2D eigenvalue weighted by Gasteiger charge is -2.10. The highest BCUT2D eigenvalue weighted by Crippen LogP contribution is 2.27. The highest BCUT2D eigenvalue weighted by Gasteiger charge is 2.13. The fourth-order valence-corrected chi connectivity index (χ4v) is 2.44. The Kier molecular flexibility index (Phi) is 4.80. The van der Waals surface area contributed by atoms with E-state index in [0.29, 0.717) is 12.3 Å². The smallest absolute Gasteiger partial charge is 0.292 e. The van der Waals surface area contributed by atoms with Gasteiger partial charge in [0.15, 0.2) is 0 Å². The van der Waals surface area contributed by atoms with E-state index in [0.717, 1.165) is 21.3 Å². The summed E-state index contributed by atoms with van der Waals surface area (Å²) in [4.78, 5) is 10.5. The van der Waals surface area contributed by atoms with Crippen LogP contribution in [0.1, 0.15) is 11.1 Å². The van der Waals surface area contributed by atoms with Gasteiger partial charge in [0.25, 0.3) is 5.69 Å². The van der Waals surface area contributed by atoms with Crippen LogP contribution in [0.15, 0.2) is 40.9 Å². The number of ether oxygens (including phenoxy) is 1. The molecule has 2 rings (SSSR count). The van der Waals surface area contributed by atoms with Gasteiger partial charge < -0.3 is 10.1 Å². The van der Waals surface area contributed by atoms with Gasteiger partial charge in [0, 0.05) is 17.6 Å². The quantitative estimate of drug-likeness (QED) is 0.645. The van der Waals surface area contributed by atoms with E-state index in [1.807, 2.05) is 25.1 Å². The van der Waals surface area contributed by atoms with Crippen LogP contribution in [-0.2, 0) is 6.61 Å². The molecule has 0 amide bonds. The second-order valence-electron chi connectivity index (χ2n) is 4.56. The van der Waals surface area contributed by atoms with Crippen LogP contribution in [0.4, 0.5) is 11.4 Å². The Bertz CT molecular complexity index is 674. The average molecular weight is 351 g/mol. The Morgan fingerprint density at radius 3 is 2.67 bits per heavy atom. The number of rotatable bonds is 5. The van der Waals surface area contributed by atoms with Crippen molar-refractivity contribution in [3.05, 3.63) is 62.1 Å². The molecule has 6 heteroatoms. The van der Waals surface area contributed by atoms with Crippen LogP contribution in [0.5, 0.6) is 5.75 Å². The molecule has 0 saturated heterocycles. The monoisotopic (exact) mass is 350 g/mol. The van der Waals surface area contributed by atoms with Crippen LogP contribution in [0.3, 0.4) is 0 Å². The minimum atomic E-state index is -0.407. The lowest BCUT2D eigenvalue weighted by Crippen LogP contribution is -2.01. The van der Waals surface area contributed by atoms with Crippen LogP contribution in [0, 0.1) is 17.0 Å². The zero-order chi connectivity index (χ0) is 15.4. The van der Waals surface area contributed by atoms with Gasteiger partial charge in [-0.05, 0) is 48.4 Å². The molecule has 110 valence electrons. The lowest BCUT2D eigenvalue weighted by atomic mass is 10.2. The molecule has 0 atom stereocenters. The number of nitro benzene ring substituents is 1. The van der Waals surface area contributed by atoms with E-state index in [4.69, 9.17) is 4.74 Å². The SMILES string of the molecule is CNc1cc(COc2ccc(Br)cc2C)ccc1[N+](=O)[O-]. The fourth-order valence-electron chi connectivity index (χ4n) is 1.97. The number of benzene rings is 2. The van der Waals surface area contributed by atoms with Crippen LogP contribution in [0.2, 0.25) is 0 Å². The largest absolute Gasteiger partial charge is 0.489 e. The molecular weight excluding hydrogens is 336 g/mol. The number of aryl methyl sites for hydroxylation is 1. The van der Waals surface area contributed by atoms with E-state index in [1.165, 1.54) is 6.07 Å². The molecule has 1 N–H and O–H groups in total. The third-order valence-corrected chi connectivity index (χ3v) is 3.55. The summed E-state index contributed by atoms with van der Waals surface area (Å²) in [5.74, 6) is 0.794. The van der Waals surface area contributed by atoms with Gasteiger partial charge in [-0.25, -0.2) is 0 Å². The maximum Gasteiger partial charge on any atom is 0.292 e. The Morgan fingerprint density at radius 1 is 1.29 bits per heavy atom. The predicted molar refractivity (Wildman–Crippen MR) is 85.9 cm³/mol. The Labute approximate surface area is 131 Å². The molecule has 0 saturated carbocycles. The van der Waals surface area contributed by atoms with E-state index in [1.54, 1.807) is 19.2 Å². The molecule has 0 fully saturated rings. The van der Waals surface area contributed by atoms with Gasteiger partial charge in [-0.1, -0.05) is 15.9 Å². The zero-order valence-electron chi connectivity index (χ0n) is 11.7. The molecule has 5 nitrogen and oxygen atoms in total. The molecule has 0 aliphatic rings. The van der Waals surface area contributed by atoms with Crippen molar-refractivity contribution in [2.45, 2.75) is 13.5 Å². The topological polar surface area (TPSA) is 64.4 Å². The van der Waals surface area contributed by atoms with Gasteiger partial charge in [-0.15, -0.1) is 0 Å². The Balaban J connectivity index is 2.15. The minimum Gasteiger partial charge on any atom is -0.489 e. The first-order chi connectivity index (χ1) is 10.0. The first kappa shape index (κ1) is 15.3. The second-order valence-corrected chi connectivity index (χ2v) is 5.47. The highest BCUT2D eigenvalue weighted by atomic mass is 79.9. The zero-order valence-corrected chi connectivity index (χ0v) is 13.3. The number of nitro groups is 1. The summed E-state index contributed by atoms with van der Waals surface area (Å²) in [6, 6.07) is 10.7. The lowest BCUT2D eigenvalue weighted by molar-refractivity contribution is -0.384. The van der Waals surface area contributed by atoms with Crippen molar-refractivity contribution in [3.8, 4) is 5.75 Å². The van der Waals surface area contributed by atoms with Crippen molar-refractivity contribution in [2.24, 2.45) is 0 Å². The highest BCUT2D eigenvalue weighted by molar-refractivity contribution is 9.10. The molecule has 0 heterocycles. The van der Waals surface area contributed by atoms with E-state index < -0.39 is 4.92 Å². The summed E-state index contributed by atoms with van der Waals surface area (Å²) < 4.78 is 6.76. The number of hydrogen-bond acceptors (Lipinski definition) is 4. The molecule has 0 aromatic heterocycles. The maximum absolute atomic E-state index is 10.9. The molecule has 0 radical (unpaired) electrons. The third-order valence-electron chi connectivity index (χ3n) is 3.06. The normalized spacial score (nSPS) is 10.2. The number of nitrogens with one attached hydrogen (secondary N) is 1. The number of anilines is 1. The van der Waals surface area contributed by atoms with Gasteiger partial charge in [0.05, 0.1) is 4.92 Å². The molecule has 21 heavy (non-hydrogen) atoms. The summed E-state index contributed by atoms with van der Waals surface area (Å²) >= 11 is 3.41. The predicted octanol–water partition coefficient (Wildman–Crippen LogP) is 4.29. The van der Waals surface area contributed by atoms with Crippen molar-refractivity contribution in [1.82, 2.24) is 0 Å². The van der Waals surface area contributed by atoms with Crippen molar-refractivity contribution < 1.29 is 9.66 Å². The summed E-state index contributed by atoms with van der Waals surface area (Å²) in [6.45, 7) is 2.32. The summed E-state index contributed by atoms with van der Waals surface area (Å²) in [5, 5.41) is 13.7. The number of hydrogen-bond donors (Lipinski definition) is 1. The van der Waals surface area contributed by atoms with Crippen LogP contribution >= 0.6 is 15.9 Å². The summed E-state index contributed by atoms with van der Waals surface area (Å²) in [5.41, 5.74) is 2.43. The molecule has 0 unspecified atom stereocenters. The molecule has 2 aromatic rings. The summed E-state index contributed by atoms with van der Waals surface area (Å²) in [6.07, 6.45) is 0. The molecular formula is C15H15BrN2O3. The first-order valence-electron chi connectivity index (χ1n) is 6.35. The summed E-state index contributed by atoms with van der Waals surface area (Å²) in [7, 11) is 1.66. The van der Waals surface area contributed by atoms with E-state index in [-0.39, 0.29) is 5.69 Å². The van der Waals surface area contributed by atoms with Crippen LogP contribution in [-0.4, -0.2) is 12.0 Å². The Morgan fingerprint density at radius 2 is 2.05 bits per heavy atom. The van der Waals surface area contributed by atoms with E-state index in [9.17, 15) is 10.1 Å². The molecule has 0 aliphatic heterocycles. The number of nitrogens with zero attached hydrogens (tertiary/aromatic N) is 1. The Hall–Kier alpha value is -2.08. The third kappa shape index (κ3) is 3.72. The van der Waals surface area contributed by atoms with E-state index in [2.05, 4.69) is 21.2 Å². The second kappa shape index (κ2) is 6.58. The van der Waals surface area contributed by atoms with Crippen molar-refractivity contribution in [2.75, 3.05) is 12.4 Å². The van der Waals surface area contributed by atoms with Gasteiger partial charge in [-0.3, -0.25) is 10.1 Å². The number of halogens is 1. The molecule has 0 bridgehead atoms. The van der Waals surface area contributed by atoms with Gasteiger partial charge in [0.1, 0.15) is 18.0 Å². The van der Waals surface area contributed by atoms with Gasteiger partial charge >= 0.3 is 0 Å². The fraction of sp³-hybridized carbons (Fsp3) is 0.200. The molecule has 2 aromatic carbocycles. The van der Waals surface area contributed by atoms with Crippen molar-refractivity contribution in [1.29, 1.82) is 0 Å². The first-order valence-corrected chi connectivity index (χ1v) is 7.14.